The summed E-state index contributed by atoms with van der Waals surface area (Å²) < 4.78 is 5.20. The van der Waals surface area contributed by atoms with E-state index < -0.39 is 0 Å². The summed E-state index contributed by atoms with van der Waals surface area (Å²) in [6, 6.07) is 7.35. The van der Waals surface area contributed by atoms with Crippen LogP contribution < -0.4 is 48.3 Å². The number of rotatable bonds is 6. The third-order valence-corrected chi connectivity index (χ3v) is 5.62. The van der Waals surface area contributed by atoms with Gasteiger partial charge in [-0.25, -0.2) is 0 Å². The molecule has 2 aliphatic heterocycles. The molecule has 32 heavy (non-hydrogen) atoms. The number of benzene rings is 1. The van der Waals surface area contributed by atoms with E-state index in [1.165, 1.54) is 0 Å². The number of hydrazine groups is 1. The minimum absolute atomic E-state index is 0.0374. The Morgan fingerprint density at radius 2 is 1.22 bits per heavy atom. The van der Waals surface area contributed by atoms with Gasteiger partial charge in [0.15, 0.2) is 0 Å². The lowest BCUT2D eigenvalue weighted by Gasteiger charge is -2.37. The van der Waals surface area contributed by atoms with Crippen LogP contribution >= 0.6 is 0 Å². The highest BCUT2D eigenvalue weighted by Crippen LogP contribution is 2.22. The first-order valence-electron chi connectivity index (χ1n) is 10.8. The third-order valence-electron chi connectivity index (χ3n) is 5.62. The fourth-order valence-corrected chi connectivity index (χ4v) is 4.18. The second-order valence-corrected chi connectivity index (χ2v) is 8.56. The van der Waals surface area contributed by atoms with E-state index in [4.69, 9.17) is 32.7 Å². The molecule has 2 aliphatic rings. The summed E-state index contributed by atoms with van der Waals surface area (Å²) in [7, 11) is 1.63. The lowest BCUT2D eigenvalue weighted by atomic mass is 10.0. The lowest BCUT2D eigenvalue weighted by molar-refractivity contribution is 0.415. The number of anilines is 4. The summed E-state index contributed by atoms with van der Waals surface area (Å²) >= 11 is 0. The van der Waals surface area contributed by atoms with Crippen molar-refractivity contribution in [3.8, 4) is 5.75 Å². The van der Waals surface area contributed by atoms with E-state index in [-0.39, 0.29) is 24.2 Å². The van der Waals surface area contributed by atoms with E-state index in [0.717, 1.165) is 24.3 Å². The normalized spacial score (nSPS) is 26.0. The number of hydrogen-bond donors (Lipinski definition) is 6. The number of aromatic nitrogens is 3. The van der Waals surface area contributed by atoms with Crippen molar-refractivity contribution in [3.63, 3.8) is 0 Å². The molecule has 2 aromatic rings. The second kappa shape index (κ2) is 9.69. The molecule has 3 heterocycles. The number of ether oxygens (including phenoxy) is 1. The van der Waals surface area contributed by atoms with Crippen LogP contribution in [-0.2, 0) is 0 Å². The molecule has 12 nitrogen and oxygen atoms in total. The molecule has 4 unspecified atom stereocenters. The highest BCUT2D eigenvalue weighted by Gasteiger charge is 2.28. The summed E-state index contributed by atoms with van der Waals surface area (Å²) in [5, 5.41) is 0. The van der Waals surface area contributed by atoms with Gasteiger partial charge < -0.3 is 37.5 Å². The Kier molecular flexibility index (Phi) is 6.74. The quantitative estimate of drug-likeness (QED) is 0.301. The Balaban J connectivity index is 1.58. The smallest absolute Gasteiger partial charge is 0.248 e. The van der Waals surface area contributed by atoms with Gasteiger partial charge >= 0.3 is 0 Å². The molecule has 1 aromatic heterocycles. The zero-order chi connectivity index (χ0) is 22.7. The molecule has 0 saturated carbocycles. The minimum atomic E-state index is -0.0374. The van der Waals surface area contributed by atoms with E-state index in [2.05, 4.69) is 20.8 Å². The van der Waals surface area contributed by atoms with Crippen LogP contribution in [-0.4, -0.2) is 72.4 Å². The van der Waals surface area contributed by atoms with Crippen LogP contribution in [0.3, 0.4) is 0 Å². The zero-order valence-corrected chi connectivity index (χ0v) is 18.3. The topological polar surface area (TPSA) is 183 Å². The summed E-state index contributed by atoms with van der Waals surface area (Å²) in [6.45, 7) is 2.51. The number of nitrogens with two attached hydrogens (primary N) is 4. The number of hydrogen-bond acceptors (Lipinski definition) is 12. The number of piperidine rings is 2. The van der Waals surface area contributed by atoms with Gasteiger partial charge in [-0.1, -0.05) is 0 Å². The van der Waals surface area contributed by atoms with Gasteiger partial charge in [-0.3, -0.25) is 10.9 Å². The predicted molar refractivity (Wildman–Crippen MR) is 126 cm³/mol. The maximum absolute atomic E-state index is 6.19. The molecule has 0 spiro atoms. The fourth-order valence-electron chi connectivity index (χ4n) is 4.18. The van der Waals surface area contributed by atoms with Gasteiger partial charge in [0.05, 0.1) is 12.8 Å². The van der Waals surface area contributed by atoms with Crippen LogP contribution in [0.4, 0.5) is 23.5 Å². The van der Waals surface area contributed by atoms with Gasteiger partial charge in [0.25, 0.3) is 0 Å². The Labute approximate surface area is 187 Å². The van der Waals surface area contributed by atoms with Gasteiger partial charge in [0.2, 0.25) is 17.8 Å². The average molecular weight is 444 g/mol. The zero-order valence-electron chi connectivity index (χ0n) is 18.3. The maximum atomic E-state index is 6.19. The van der Waals surface area contributed by atoms with Gasteiger partial charge in [-0.2, -0.15) is 15.0 Å². The summed E-state index contributed by atoms with van der Waals surface area (Å²) in [5.74, 6) is 2.19. The van der Waals surface area contributed by atoms with E-state index in [9.17, 15) is 0 Å². The Morgan fingerprint density at radius 1 is 0.750 bits per heavy atom. The highest BCUT2D eigenvalue weighted by molar-refractivity contribution is 5.52. The van der Waals surface area contributed by atoms with Crippen molar-refractivity contribution in [1.82, 2.24) is 15.0 Å². The monoisotopic (exact) mass is 443 g/mol. The van der Waals surface area contributed by atoms with Crippen LogP contribution in [0.25, 0.3) is 0 Å². The molecule has 1 aromatic carbocycles. The van der Waals surface area contributed by atoms with Crippen molar-refractivity contribution in [2.75, 3.05) is 53.9 Å². The molecular formula is C20H33N11O. The molecule has 2 saturated heterocycles. The second-order valence-electron chi connectivity index (χ2n) is 8.56. The van der Waals surface area contributed by atoms with Gasteiger partial charge in [-0.15, -0.1) is 0 Å². The van der Waals surface area contributed by atoms with Crippen LogP contribution in [0.1, 0.15) is 12.8 Å². The van der Waals surface area contributed by atoms with Crippen LogP contribution in [0, 0.1) is 0 Å². The molecule has 4 rings (SSSR count). The molecule has 0 radical (unpaired) electrons. The Morgan fingerprint density at radius 3 is 1.66 bits per heavy atom. The predicted octanol–water partition coefficient (Wildman–Crippen LogP) is -0.951. The molecule has 0 aliphatic carbocycles. The van der Waals surface area contributed by atoms with E-state index in [1.807, 2.05) is 34.1 Å². The Hall–Kier alpha value is -2.93. The first-order chi connectivity index (χ1) is 15.4. The van der Waals surface area contributed by atoms with Crippen molar-refractivity contribution in [1.29, 1.82) is 0 Å². The first kappa shape index (κ1) is 22.3. The standard InChI is InChI=1S/C20H33N11O/c1-32-17-4-2-16(3-5-17)28-29-18-25-19(30-8-12(21)6-13(22)9-30)27-20(26-18)31-10-14(23)7-15(24)11-31/h2-5,12-15,28H,6-11,21-24H2,1H3,(H,25,26,27,29). The molecule has 2 fully saturated rings. The van der Waals surface area contributed by atoms with Crippen molar-refractivity contribution in [2.24, 2.45) is 22.9 Å². The highest BCUT2D eigenvalue weighted by atomic mass is 16.5. The van der Waals surface area contributed by atoms with E-state index >= 15 is 0 Å². The van der Waals surface area contributed by atoms with Crippen LogP contribution in [0.5, 0.6) is 5.75 Å². The van der Waals surface area contributed by atoms with Crippen molar-refractivity contribution in [3.05, 3.63) is 24.3 Å². The van der Waals surface area contributed by atoms with Crippen molar-refractivity contribution in [2.45, 2.75) is 37.0 Å². The molecule has 12 heteroatoms. The molecule has 0 amide bonds. The summed E-state index contributed by atoms with van der Waals surface area (Å²) in [6.07, 6.45) is 1.54. The summed E-state index contributed by atoms with van der Waals surface area (Å²) in [4.78, 5) is 18.0. The number of nitrogens with zero attached hydrogens (tertiary/aromatic N) is 5. The largest absolute Gasteiger partial charge is 0.497 e. The third kappa shape index (κ3) is 5.46. The first-order valence-corrected chi connectivity index (χ1v) is 10.8. The molecular weight excluding hydrogens is 410 g/mol. The molecule has 4 atom stereocenters. The Bertz CT molecular complexity index is 831. The number of methoxy groups -OCH3 is 1. The van der Waals surface area contributed by atoms with Gasteiger partial charge in [-0.05, 0) is 37.1 Å². The molecule has 0 bridgehead atoms. The minimum Gasteiger partial charge on any atom is -0.497 e. The maximum Gasteiger partial charge on any atom is 0.248 e. The van der Waals surface area contributed by atoms with Crippen LogP contribution in [0.15, 0.2) is 24.3 Å². The van der Waals surface area contributed by atoms with E-state index in [1.54, 1.807) is 7.11 Å². The van der Waals surface area contributed by atoms with E-state index in [0.29, 0.717) is 44.0 Å². The van der Waals surface area contributed by atoms with Crippen molar-refractivity contribution >= 4 is 23.5 Å². The average Bonchev–Trinajstić information content (AvgIpc) is 2.76. The molecule has 10 N–H and O–H groups in total. The summed E-state index contributed by atoms with van der Waals surface area (Å²) in [5.41, 5.74) is 31.8. The van der Waals surface area contributed by atoms with Gasteiger partial charge in [0.1, 0.15) is 5.75 Å². The van der Waals surface area contributed by atoms with Gasteiger partial charge in [0, 0.05) is 50.3 Å². The SMILES string of the molecule is COc1ccc(NNc2nc(N3CC(N)CC(N)C3)nc(N3CC(N)CC(N)C3)n2)cc1. The van der Waals surface area contributed by atoms with Crippen LogP contribution in [0.2, 0.25) is 0 Å². The number of nitrogens with one attached hydrogen (secondary N) is 2. The fraction of sp³-hybridized carbons (Fsp3) is 0.550. The van der Waals surface area contributed by atoms with Crippen molar-refractivity contribution < 1.29 is 4.74 Å². The lowest BCUT2D eigenvalue weighted by Crippen LogP contribution is -2.54. The molecule has 174 valence electrons.